The summed E-state index contributed by atoms with van der Waals surface area (Å²) in [5.41, 5.74) is 1.93. The van der Waals surface area contributed by atoms with E-state index < -0.39 is 24.3 Å². The van der Waals surface area contributed by atoms with Crippen LogP contribution in [0.4, 0.5) is 0 Å². The number of H-pyrrole nitrogens is 1. The van der Waals surface area contributed by atoms with E-state index in [2.05, 4.69) is 4.98 Å². The summed E-state index contributed by atoms with van der Waals surface area (Å²) in [6.45, 7) is 9.88. The molecular weight excluding hydrogens is 305 g/mol. The van der Waals surface area contributed by atoms with E-state index in [0.29, 0.717) is 0 Å². The summed E-state index contributed by atoms with van der Waals surface area (Å²) in [7, 11) is -0.594. The minimum Gasteiger partial charge on any atom is -0.481 e. The average Bonchev–Trinajstić information content (AvgIpc) is 2.89. The SMILES string of the molecule is Cc1[nH]c2ccccc2c1C(CC(=O)O)B1OC(C)(C)C(C)(C)O1. The number of para-hydroxylation sites is 1. The Hall–Kier alpha value is -1.79. The fourth-order valence-corrected chi connectivity index (χ4v) is 3.35. The molecule has 1 aromatic heterocycles. The molecule has 0 radical (unpaired) electrons. The summed E-state index contributed by atoms with van der Waals surface area (Å²) >= 11 is 0. The van der Waals surface area contributed by atoms with Gasteiger partial charge >= 0.3 is 13.1 Å². The Kier molecular flexibility index (Phi) is 4.01. The lowest BCUT2D eigenvalue weighted by Gasteiger charge is -2.32. The number of nitrogens with one attached hydrogen (secondary N) is 1. The molecule has 0 spiro atoms. The summed E-state index contributed by atoms with van der Waals surface area (Å²) in [5, 5.41) is 10.5. The van der Waals surface area contributed by atoms with Crippen molar-refractivity contribution in [2.45, 2.75) is 58.1 Å². The van der Waals surface area contributed by atoms with Gasteiger partial charge in [0.15, 0.2) is 0 Å². The topological polar surface area (TPSA) is 71.6 Å². The van der Waals surface area contributed by atoms with Gasteiger partial charge in [-0.05, 0) is 46.2 Å². The molecule has 1 aliphatic heterocycles. The van der Waals surface area contributed by atoms with Crippen molar-refractivity contribution in [3.63, 3.8) is 0 Å². The van der Waals surface area contributed by atoms with Crippen LogP contribution in [0, 0.1) is 6.92 Å². The van der Waals surface area contributed by atoms with Crippen molar-refractivity contribution in [2.75, 3.05) is 0 Å². The maximum absolute atomic E-state index is 11.5. The van der Waals surface area contributed by atoms with Gasteiger partial charge in [0.25, 0.3) is 0 Å². The van der Waals surface area contributed by atoms with Crippen molar-refractivity contribution in [3.05, 3.63) is 35.5 Å². The number of aromatic amines is 1. The molecule has 2 heterocycles. The van der Waals surface area contributed by atoms with E-state index in [9.17, 15) is 9.90 Å². The molecule has 1 fully saturated rings. The van der Waals surface area contributed by atoms with Crippen molar-refractivity contribution >= 4 is 24.0 Å². The maximum Gasteiger partial charge on any atom is 0.466 e. The number of benzene rings is 1. The number of carbonyl (C=O) groups is 1. The molecule has 2 aromatic rings. The largest absolute Gasteiger partial charge is 0.481 e. The van der Waals surface area contributed by atoms with Gasteiger partial charge in [-0.25, -0.2) is 0 Å². The molecule has 1 aromatic carbocycles. The summed E-state index contributed by atoms with van der Waals surface area (Å²) in [4.78, 5) is 14.9. The average molecular weight is 329 g/mol. The van der Waals surface area contributed by atoms with Crippen LogP contribution in [-0.2, 0) is 14.1 Å². The minimum atomic E-state index is -0.862. The number of fused-ring (bicyclic) bond motifs is 1. The van der Waals surface area contributed by atoms with Gasteiger partial charge < -0.3 is 19.4 Å². The highest BCUT2D eigenvalue weighted by Crippen LogP contribution is 2.43. The van der Waals surface area contributed by atoms with E-state index in [4.69, 9.17) is 9.31 Å². The van der Waals surface area contributed by atoms with Crippen molar-refractivity contribution in [1.29, 1.82) is 0 Å². The highest BCUT2D eigenvalue weighted by molar-refractivity contribution is 6.48. The predicted octanol–water partition coefficient (Wildman–Crippen LogP) is 3.67. The van der Waals surface area contributed by atoms with Gasteiger partial charge in [0.05, 0.1) is 17.6 Å². The van der Waals surface area contributed by atoms with E-state index in [0.717, 1.165) is 22.2 Å². The summed E-state index contributed by atoms with van der Waals surface area (Å²) in [5.74, 6) is -1.24. The van der Waals surface area contributed by atoms with E-state index in [1.165, 1.54) is 0 Å². The van der Waals surface area contributed by atoms with Crippen LogP contribution in [0.25, 0.3) is 10.9 Å². The van der Waals surface area contributed by atoms with Crippen molar-refractivity contribution < 1.29 is 19.2 Å². The van der Waals surface area contributed by atoms with E-state index >= 15 is 0 Å². The van der Waals surface area contributed by atoms with Crippen LogP contribution in [-0.4, -0.2) is 34.4 Å². The van der Waals surface area contributed by atoms with Gasteiger partial charge in [0, 0.05) is 22.4 Å². The first-order valence-electron chi connectivity index (χ1n) is 8.27. The molecule has 5 nitrogen and oxygen atoms in total. The molecule has 1 saturated heterocycles. The van der Waals surface area contributed by atoms with E-state index in [1.54, 1.807) is 0 Å². The summed E-state index contributed by atoms with van der Waals surface area (Å²) in [6, 6.07) is 7.92. The zero-order chi connectivity index (χ0) is 17.7. The minimum absolute atomic E-state index is 0.0421. The number of carboxylic acid groups (broad SMARTS) is 1. The monoisotopic (exact) mass is 329 g/mol. The van der Waals surface area contributed by atoms with Crippen LogP contribution in [0.1, 0.15) is 51.2 Å². The first-order chi connectivity index (χ1) is 11.1. The number of rotatable bonds is 4. The number of aromatic nitrogens is 1. The normalized spacial score (nSPS) is 20.5. The lowest BCUT2D eigenvalue weighted by molar-refractivity contribution is -0.137. The zero-order valence-corrected chi connectivity index (χ0v) is 14.8. The van der Waals surface area contributed by atoms with Crippen molar-refractivity contribution in [2.24, 2.45) is 0 Å². The number of aliphatic carboxylic acids is 1. The Bertz CT molecular complexity index is 764. The van der Waals surface area contributed by atoms with Crippen LogP contribution in [0.5, 0.6) is 0 Å². The molecule has 1 atom stereocenters. The molecule has 2 N–H and O–H groups in total. The molecule has 0 amide bonds. The zero-order valence-electron chi connectivity index (χ0n) is 14.8. The Morgan fingerprint density at radius 1 is 1.21 bits per heavy atom. The lowest BCUT2D eigenvalue weighted by Crippen LogP contribution is -2.41. The molecule has 1 aliphatic rings. The number of carboxylic acids is 1. The standard InChI is InChI=1S/C18H24BNO4/c1-11-16(12-8-6-7-9-14(12)20-11)13(10-15(21)22)19-23-17(2,3)18(4,5)24-19/h6-9,13,20H,10H2,1-5H3,(H,21,22). The van der Waals surface area contributed by atoms with Gasteiger partial charge in [-0.15, -0.1) is 0 Å². The molecule has 3 rings (SSSR count). The third-order valence-corrected chi connectivity index (χ3v) is 5.31. The van der Waals surface area contributed by atoms with Gasteiger partial charge in [0.1, 0.15) is 0 Å². The molecule has 0 bridgehead atoms. The van der Waals surface area contributed by atoms with Crippen LogP contribution in [0.15, 0.2) is 24.3 Å². The van der Waals surface area contributed by atoms with Gasteiger partial charge in [0.2, 0.25) is 0 Å². The molecule has 0 saturated carbocycles. The Labute approximate surface area is 142 Å². The third-order valence-electron chi connectivity index (χ3n) is 5.31. The quantitative estimate of drug-likeness (QED) is 0.840. The molecular formula is C18H24BNO4. The fourth-order valence-electron chi connectivity index (χ4n) is 3.35. The first-order valence-corrected chi connectivity index (χ1v) is 8.27. The highest BCUT2D eigenvalue weighted by atomic mass is 16.7. The van der Waals surface area contributed by atoms with Crippen molar-refractivity contribution in [3.8, 4) is 0 Å². The predicted molar refractivity (Wildman–Crippen MR) is 94.1 cm³/mol. The Balaban J connectivity index is 2.08. The molecule has 0 aliphatic carbocycles. The second kappa shape index (κ2) is 5.64. The van der Waals surface area contributed by atoms with Gasteiger partial charge in [-0.2, -0.15) is 0 Å². The molecule has 24 heavy (non-hydrogen) atoms. The van der Waals surface area contributed by atoms with Crippen LogP contribution < -0.4 is 0 Å². The van der Waals surface area contributed by atoms with Crippen LogP contribution in [0.2, 0.25) is 0 Å². The second-order valence-corrected chi connectivity index (χ2v) is 7.54. The van der Waals surface area contributed by atoms with Crippen molar-refractivity contribution in [1.82, 2.24) is 4.98 Å². The maximum atomic E-state index is 11.5. The lowest BCUT2D eigenvalue weighted by atomic mass is 9.65. The Morgan fingerprint density at radius 2 is 1.79 bits per heavy atom. The summed E-state index contributed by atoms with van der Waals surface area (Å²) < 4.78 is 12.3. The van der Waals surface area contributed by atoms with Crippen LogP contribution >= 0.6 is 0 Å². The number of hydrogen-bond donors (Lipinski definition) is 2. The number of hydrogen-bond acceptors (Lipinski definition) is 3. The number of aryl methyl sites for hydroxylation is 1. The molecule has 128 valence electrons. The van der Waals surface area contributed by atoms with Crippen LogP contribution in [0.3, 0.4) is 0 Å². The smallest absolute Gasteiger partial charge is 0.466 e. The Morgan fingerprint density at radius 3 is 2.38 bits per heavy atom. The summed E-state index contributed by atoms with van der Waals surface area (Å²) in [6.07, 6.45) is -0.0421. The van der Waals surface area contributed by atoms with Gasteiger partial charge in [-0.1, -0.05) is 18.2 Å². The molecule has 6 heteroatoms. The third kappa shape index (κ3) is 2.74. The highest BCUT2D eigenvalue weighted by Gasteiger charge is 2.54. The second-order valence-electron chi connectivity index (χ2n) is 7.54. The van der Waals surface area contributed by atoms with E-state index in [-0.39, 0.29) is 12.2 Å². The first kappa shape index (κ1) is 17.1. The fraction of sp³-hybridized carbons (Fsp3) is 0.500. The molecule has 1 unspecified atom stereocenters. The van der Waals surface area contributed by atoms with E-state index in [1.807, 2.05) is 58.9 Å². The van der Waals surface area contributed by atoms with Gasteiger partial charge in [-0.3, -0.25) is 4.79 Å².